The van der Waals surface area contributed by atoms with Gasteiger partial charge in [-0.15, -0.1) is 0 Å². The first-order chi connectivity index (χ1) is 8.40. The number of halogens is 2. The lowest BCUT2D eigenvalue weighted by molar-refractivity contribution is -0.140. The molecule has 18 heavy (non-hydrogen) atoms. The first-order valence-corrected chi connectivity index (χ1v) is 6.97. The zero-order chi connectivity index (χ0) is 13.7. The van der Waals surface area contributed by atoms with E-state index in [2.05, 4.69) is 21.2 Å². The Bertz CT molecular complexity index is 423. The van der Waals surface area contributed by atoms with Crippen LogP contribution in [0.4, 0.5) is 0 Å². The third-order valence-electron chi connectivity index (χ3n) is 2.56. The quantitative estimate of drug-likeness (QED) is 0.834. The molecule has 0 amide bonds. The van der Waals surface area contributed by atoms with Crippen LogP contribution in [0.3, 0.4) is 0 Å². The molecular weight excluding hydrogens is 318 g/mol. The van der Waals surface area contributed by atoms with E-state index >= 15 is 0 Å². The Morgan fingerprint density at radius 3 is 2.67 bits per heavy atom. The van der Waals surface area contributed by atoms with E-state index in [1.54, 1.807) is 6.07 Å². The number of benzene rings is 1. The van der Waals surface area contributed by atoms with Gasteiger partial charge in [0.2, 0.25) is 0 Å². The van der Waals surface area contributed by atoms with Gasteiger partial charge in [-0.25, -0.2) is 0 Å². The van der Waals surface area contributed by atoms with E-state index in [1.807, 2.05) is 26.0 Å². The van der Waals surface area contributed by atoms with Crippen molar-refractivity contribution in [2.75, 3.05) is 0 Å². The molecule has 0 saturated heterocycles. The Kier molecular flexibility index (Phi) is 6.12. The maximum atomic E-state index is 11.1. The average Bonchev–Trinajstić information content (AvgIpc) is 2.25. The summed E-state index contributed by atoms with van der Waals surface area (Å²) in [6, 6.07) is 5.04. The smallest absolute Gasteiger partial charge is 0.320 e. The number of nitrogens with one attached hydrogen (secondary N) is 1. The summed E-state index contributed by atoms with van der Waals surface area (Å²) in [5, 5.41) is 12.8. The van der Waals surface area contributed by atoms with E-state index < -0.39 is 12.0 Å². The molecule has 0 bridgehead atoms. The predicted octanol–water partition coefficient (Wildman–Crippen LogP) is 3.69. The van der Waals surface area contributed by atoms with E-state index in [0.717, 1.165) is 10.0 Å². The van der Waals surface area contributed by atoms with Gasteiger partial charge in [-0.05, 0) is 30.0 Å². The van der Waals surface area contributed by atoms with Crippen molar-refractivity contribution in [3.8, 4) is 0 Å². The van der Waals surface area contributed by atoms with Crippen LogP contribution in [-0.4, -0.2) is 17.1 Å². The Morgan fingerprint density at radius 2 is 2.17 bits per heavy atom. The second kappa shape index (κ2) is 7.12. The number of rotatable bonds is 6. The van der Waals surface area contributed by atoms with Crippen molar-refractivity contribution in [1.29, 1.82) is 0 Å². The van der Waals surface area contributed by atoms with E-state index in [4.69, 9.17) is 16.7 Å². The van der Waals surface area contributed by atoms with Gasteiger partial charge in [0.05, 0.1) is 0 Å². The van der Waals surface area contributed by atoms with Crippen LogP contribution >= 0.6 is 27.5 Å². The van der Waals surface area contributed by atoms with E-state index in [0.29, 0.717) is 23.9 Å². The fourth-order valence-electron chi connectivity index (χ4n) is 1.64. The Morgan fingerprint density at radius 1 is 1.50 bits per heavy atom. The van der Waals surface area contributed by atoms with E-state index in [9.17, 15) is 4.79 Å². The van der Waals surface area contributed by atoms with Gasteiger partial charge in [0, 0.05) is 16.0 Å². The molecule has 0 aliphatic rings. The third-order valence-corrected chi connectivity index (χ3v) is 3.40. The minimum absolute atomic E-state index is 0.332. The van der Waals surface area contributed by atoms with Crippen molar-refractivity contribution in [2.45, 2.75) is 32.9 Å². The monoisotopic (exact) mass is 333 g/mol. The summed E-state index contributed by atoms with van der Waals surface area (Å²) < 4.78 is 0.910. The summed E-state index contributed by atoms with van der Waals surface area (Å²) in [5.41, 5.74) is 0.898. The van der Waals surface area contributed by atoms with Crippen LogP contribution < -0.4 is 5.32 Å². The van der Waals surface area contributed by atoms with Crippen molar-refractivity contribution >= 4 is 33.5 Å². The Hall–Kier alpha value is -0.580. The third kappa shape index (κ3) is 4.96. The molecule has 1 atom stereocenters. The lowest BCUT2D eigenvalue weighted by Crippen LogP contribution is -2.37. The summed E-state index contributed by atoms with van der Waals surface area (Å²) in [6.07, 6.45) is 0.601. The predicted molar refractivity (Wildman–Crippen MR) is 76.9 cm³/mol. The normalized spacial score (nSPS) is 12.7. The molecule has 0 aliphatic heterocycles. The number of carboxylic acid groups (broad SMARTS) is 1. The lowest BCUT2D eigenvalue weighted by atomic mass is 10.0. The molecule has 100 valence electrons. The molecule has 1 aromatic carbocycles. The van der Waals surface area contributed by atoms with Crippen LogP contribution in [0.1, 0.15) is 25.8 Å². The van der Waals surface area contributed by atoms with Crippen molar-refractivity contribution in [2.24, 2.45) is 5.92 Å². The van der Waals surface area contributed by atoms with Crippen LogP contribution in [0.5, 0.6) is 0 Å². The van der Waals surface area contributed by atoms with Gasteiger partial charge in [0.1, 0.15) is 6.04 Å². The van der Waals surface area contributed by atoms with Crippen molar-refractivity contribution in [3.63, 3.8) is 0 Å². The van der Waals surface area contributed by atoms with E-state index in [1.165, 1.54) is 0 Å². The standard InChI is InChI=1S/C13H17BrClNO2/c1-8(2)5-12(13(17)18)16-7-9-3-4-10(14)6-11(9)15/h3-4,6,8,12,16H,5,7H2,1-2H3,(H,17,18)/t12-/m0/s1. The first-order valence-electron chi connectivity index (χ1n) is 5.80. The molecule has 0 fully saturated rings. The second-order valence-electron chi connectivity index (χ2n) is 4.64. The summed E-state index contributed by atoms with van der Waals surface area (Å²) >= 11 is 9.41. The van der Waals surface area contributed by atoms with Gasteiger partial charge >= 0.3 is 5.97 Å². The Balaban J connectivity index is 2.64. The molecule has 3 nitrogen and oxygen atoms in total. The molecular formula is C13H17BrClNO2. The van der Waals surface area contributed by atoms with Gasteiger partial charge in [-0.1, -0.05) is 47.4 Å². The fourth-order valence-corrected chi connectivity index (χ4v) is 2.38. The van der Waals surface area contributed by atoms with Crippen LogP contribution in [-0.2, 0) is 11.3 Å². The molecule has 5 heteroatoms. The molecule has 0 radical (unpaired) electrons. The average molecular weight is 335 g/mol. The zero-order valence-corrected chi connectivity index (χ0v) is 12.8. The molecule has 0 spiro atoms. The topological polar surface area (TPSA) is 49.3 Å². The molecule has 0 saturated carbocycles. The molecule has 0 heterocycles. The number of carbonyl (C=O) groups is 1. The number of hydrogen-bond donors (Lipinski definition) is 2. The lowest BCUT2D eigenvalue weighted by Gasteiger charge is -2.17. The first kappa shape index (κ1) is 15.5. The molecule has 0 aliphatic carbocycles. The molecule has 0 unspecified atom stereocenters. The minimum Gasteiger partial charge on any atom is -0.480 e. The van der Waals surface area contributed by atoms with Gasteiger partial charge in [0.25, 0.3) is 0 Å². The number of hydrogen-bond acceptors (Lipinski definition) is 2. The molecule has 1 rings (SSSR count). The summed E-state index contributed by atoms with van der Waals surface area (Å²) in [7, 11) is 0. The van der Waals surface area contributed by atoms with Crippen LogP contribution in [0, 0.1) is 5.92 Å². The zero-order valence-electron chi connectivity index (χ0n) is 10.4. The van der Waals surface area contributed by atoms with Gasteiger partial charge in [-0.2, -0.15) is 0 Å². The summed E-state index contributed by atoms with van der Waals surface area (Å²) in [6.45, 7) is 4.46. The van der Waals surface area contributed by atoms with E-state index in [-0.39, 0.29) is 0 Å². The van der Waals surface area contributed by atoms with Crippen molar-refractivity contribution < 1.29 is 9.90 Å². The fraction of sp³-hybridized carbons (Fsp3) is 0.462. The highest BCUT2D eigenvalue weighted by Crippen LogP contribution is 2.21. The summed E-state index contributed by atoms with van der Waals surface area (Å²) in [4.78, 5) is 11.1. The highest BCUT2D eigenvalue weighted by molar-refractivity contribution is 9.10. The van der Waals surface area contributed by atoms with Gasteiger partial charge in [0.15, 0.2) is 0 Å². The van der Waals surface area contributed by atoms with Gasteiger partial charge < -0.3 is 10.4 Å². The van der Waals surface area contributed by atoms with Gasteiger partial charge in [-0.3, -0.25) is 4.79 Å². The maximum absolute atomic E-state index is 11.1. The maximum Gasteiger partial charge on any atom is 0.320 e. The van der Waals surface area contributed by atoms with Crippen LogP contribution in [0.25, 0.3) is 0 Å². The minimum atomic E-state index is -0.822. The Labute approximate surface area is 121 Å². The van der Waals surface area contributed by atoms with Crippen LogP contribution in [0.15, 0.2) is 22.7 Å². The highest BCUT2D eigenvalue weighted by atomic mass is 79.9. The molecule has 1 aromatic rings. The largest absolute Gasteiger partial charge is 0.480 e. The number of carboxylic acids is 1. The highest BCUT2D eigenvalue weighted by Gasteiger charge is 2.18. The van der Waals surface area contributed by atoms with Crippen molar-refractivity contribution in [1.82, 2.24) is 5.32 Å². The second-order valence-corrected chi connectivity index (χ2v) is 5.96. The SMILES string of the molecule is CC(C)C[C@H](NCc1ccc(Br)cc1Cl)C(=O)O. The molecule has 0 aromatic heterocycles. The number of aliphatic carboxylic acids is 1. The summed E-state index contributed by atoms with van der Waals surface area (Å²) in [5.74, 6) is -0.490. The van der Waals surface area contributed by atoms with Crippen molar-refractivity contribution in [3.05, 3.63) is 33.3 Å². The molecule has 2 N–H and O–H groups in total. The van der Waals surface area contributed by atoms with Crippen LogP contribution in [0.2, 0.25) is 5.02 Å².